The number of rotatable bonds is 4. The highest BCUT2D eigenvalue weighted by molar-refractivity contribution is 7.80. The highest BCUT2D eigenvalue weighted by Crippen LogP contribution is 2.37. The number of hydrogen-bond acceptors (Lipinski definition) is 5. The zero-order valence-electron chi connectivity index (χ0n) is 15.9. The van der Waals surface area contributed by atoms with Crippen LogP contribution in [-0.2, 0) is 6.54 Å². The smallest absolute Gasteiger partial charge is 0.195 e. The largest absolute Gasteiger partial charge is 0.497 e. The number of pyridine rings is 1. The van der Waals surface area contributed by atoms with Gasteiger partial charge in [-0.3, -0.25) is 4.98 Å². The molecule has 0 aliphatic carbocycles. The van der Waals surface area contributed by atoms with E-state index in [4.69, 9.17) is 22.1 Å². The van der Waals surface area contributed by atoms with Crippen LogP contribution >= 0.6 is 23.6 Å². The topological polar surface area (TPSA) is 49.8 Å². The van der Waals surface area contributed by atoms with Gasteiger partial charge in [-0.25, -0.2) is 5.01 Å². The number of hydrogen-bond donors (Lipinski definition) is 1. The van der Waals surface area contributed by atoms with Crippen molar-refractivity contribution < 1.29 is 4.74 Å². The van der Waals surface area contributed by atoms with E-state index in [1.54, 1.807) is 24.6 Å². The van der Waals surface area contributed by atoms with Crippen LogP contribution in [0.4, 0.5) is 5.00 Å². The van der Waals surface area contributed by atoms with Crippen LogP contribution in [0.3, 0.4) is 0 Å². The van der Waals surface area contributed by atoms with E-state index >= 15 is 0 Å². The molecule has 0 fully saturated rings. The number of aromatic nitrogens is 1. The fourth-order valence-corrected chi connectivity index (χ4v) is 4.46. The minimum Gasteiger partial charge on any atom is -0.497 e. The molecule has 0 atom stereocenters. The van der Waals surface area contributed by atoms with Crippen molar-refractivity contribution in [1.82, 2.24) is 9.99 Å². The van der Waals surface area contributed by atoms with E-state index in [9.17, 15) is 0 Å². The molecule has 0 radical (unpaired) electrons. The van der Waals surface area contributed by atoms with E-state index in [1.807, 2.05) is 47.6 Å². The lowest BCUT2D eigenvalue weighted by atomic mass is 10.00. The fraction of sp³-hybridized carbons (Fsp3) is 0.190. The van der Waals surface area contributed by atoms with Gasteiger partial charge >= 0.3 is 0 Å². The maximum absolute atomic E-state index is 5.66. The second-order valence-electron chi connectivity index (χ2n) is 6.52. The van der Waals surface area contributed by atoms with Crippen LogP contribution in [-0.4, -0.2) is 27.9 Å². The van der Waals surface area contributed by atoms with E-state index in [0.29, 0.717) is 11.7 Å². The van der Waals surface area contributed by atoms with Crippen molar-refractivity contribution in [2.75, 3.05) is 12.4 Å². The average Bonchev–Trinajstić information content (AvgIpc) is 2.90. The Balaban J connectivity index is 1.85. The molecule has 0 spiro atoms. The summed E-state index contributed by atoms with van der Waals surface area (Å²) in [6, 6.07) is 11.9. The number of ether oxygens (including phenoxy) is 1. The summed E-state index contributed by atoms with van der Waals surface area (Å²) in [5.74, 6) is 0.796. The van der Waals surface area contributed by atoms with Crippen LogP contribution in [0.1, 0.15) is 27.1 Å². The summed E-state index contributed by atoms with van der Waals surface area (Å²) in [7, 11) is 1.67. The standard InChI is InChI=1S/C21H20N4OS2/c1-13-14(2)28-20-18(13)19(16-7-4-8-17(10-16)26-3)24-25(21(27)23-20)12-15-6-5-9-22-11-15/h4-11H,12H2,1-3H3,(H,23,27). The van der Waals surface area contributed by atoms with Crippen LogP contribution in [0.5, 0.6) is 5.75 Å². The Bertz CT molecular complexity index is 1060. The Hall–Kier alpha value is -2.77. The van der Waals surface area contributed by atoms with Gasteiger partial charge in [-0.1, -0.05) is 18.2 Å². The second kappa shape index (κ2) is 7.69. The van der Waals surface area contributed by atoms with Crippen molar-refractivity contribution in [2.24, 2.45) is 5.10 Å². The summed E-state index contributed by atoms with van der Waals surface area (Å²) in [5, 5.41) is 11.8. The SMILES string of the molecule is COc1cccc(C2=NN(Cc3cccnc3)C(=S)Nc3sc(C)c(C)c32)c1. The molecule has 3 aromatic rings. The summed E-state index contributed by atoms with van der Waals surface area (Å²) < 4.78 is 5.43. The third kappa shape index (κ3) is 3.50. The number of anilines is 1. The first-order valence-electron chi connectivity index (χ1n) is 8.87. The molecule has 1 aliphatic rings. The first kappa shape index (κ1) is 18.6. The van der Waals surface area contributed by atoms with Crippen molar-refractivity contribution in [3.8, 4) is 5.75 Å². The minimum atomic E-state index is 0.542. The molecule has 0 saturated heterocycles. The number of aryl methyl sites for hydroxylation is 1. The summed E-state index contributed by atoms with van der Waals surface area (Å²) in [4.78, 5) is 5.45. The quantitative estimate of drug-likeness (QED) is 0.632. The summed E-state index contributed by atoms with van der Waals surface area (Å²) in [6.45, 7) is 4.79. The molecular weight excluding hydrogens is 388 g/mol. The zero-order chi connectivity index (χ0) is 19.7. The maximum Gasteiger partial charge on any atom is 0.195 e. The molecule has 5 nitrogen and oxygen atoms in total. The Morgan fingerprint density at radius 1 is 1.21 bits per heavy atom. The molecular formula is C21H20N4OS2. The lowest BCUT2D eigenvalue weighted by Gasteiger charge is -2.19. The molecule has 0 saturated carbocycles. The molecule has 28 heavy (non-hydrogen) atoms. The van der Waals surface area contributed by atoms with Crippen molar-refractivity contribution in [3.05, 3.63) is 75.9 Å². The Labute approximate surface area is 173 Å². The predicted octanol–water partition coefficient (Wildman–Crippen LogP) is 4.73. The summed E-state index contributed by atoms with van der Waals surface area (Å²) in [5.41, 5.74) is 5.21. The first-order valence-corrected chi connectivity index (χ1v) is 10.1. The van der Waals surface area contributed by atoms with Gasteiger partial charge in [-0.2, -0.15) is 5.10 Å². The van der Waals surface area contributed by atoms with E-state index < -0.39 is 0 Å². The number of thiocarbonyl (C=S) groups is 1. The van der Waals surface area contributed by atoms with Crippen molar-refractivity contribution in [1.29, 1.82) is 0 Å². The molecule has 3 heterocycles. The van der Waals surface area contributed by atoms with E-state index in [-0.39, 0.29) is 0 Å². The third-order valence-corrected chi connectivity index (χ3v) is 6.13. The number of thiophene rings is 1. The molecule has 1 N–H and O–H groups in total. The maximum atomic E-state index is 5.66. The fourth-order valence-electron chi connectivity index (χ4n) is 3.12. The molecule has 1 aliphatic heterocycles. The number of fused-ring (bicyclic) bond motifs is 1. The Morgan fingerprint density at radius 2 is 2.07 bits per heavy atom. The molecule has 4 rings (SSSR count). The van der Waals surface area contributed by atoms with Gasteiger partial charge in [0.25, 0.3) is 0 Å². The lowest BCUT2D eigenvalue weighted by molar-refractivity contribution is 0.414. The van der Waals surface area contributed by atoms with Gasteiger partial charge in [-0.05, 0) is 55.4 Å². The van der Waals surface area contributed by atoms with Crippen LogP contribution in [0.2, 0.25) is 0 Å². The molecule has 0 unspecified atom stereocenters. The van der Waals surface area contributed by atoms with Crippen LogP contribution in [0.25, 0.3) is 0 Å². The monoisotopic (exact) mass is 408 g/mol. The van der Waals surface area contributed by atoms with E-state index in [2.05, 4.69) is 24.1 Å². The highest BCUT2D eigenvalue weighted by atomic mass is 32.1. The molecule has 0 bridgehead atoms. The van der Waals surface area contributed by atoms with Gasteiger partial charge < -0.3 is 10.1 Å². The number of nitrogens with one attached hydrogen (secondary N) is 1. The average molecular weight is 409 g/mol. The van der Waals surface area contributed by atoms with Gasteiger partial charge in [0.15, 0.2) is 5.11 Å². The van der Waals surface area contributed by atoms with Gasteiger partial charge in [0.2, 0.25) is 0 Å². The molecule has 2 aromatic heterocycles. The van der Waals surface area contributed by atoms with E-state index in [0.717, 1.165) is 33.2 Å². The van der Waals surface area contributed by atoms with Crippen LogP contribution in [0, 0.1) is 13.8 Å². The summed E-state index contributed by atoms with van der Waals surface area (Å²) in [6.07, 6.45) is 3.59. The third-order valence-electron chi connectivity index (χ3n) is 4.70. The van der Waals surface area contributed by atoms with Gasteiger partial charge in [0, 0.05) is 28.4 Å². The van der Waals surface area contributed by atoms with Crippen molar-refractivity contribution >= 4 is 39.4 Å². The van der Waals surface area contributed by atoms with Gasteiger partial charge in [-0.15, -0.1) is 11.3 Å². The van der Waals surface area contributed by atoms with Crippen molar-refractivity contribution in [2.45, 2.75) is 20.4 Å². The van der Waals surface area contributed by atoms with Gasteiger partial charge in [0.1, 0.15) is 16.5 Å². The van der Waals surface area contributed by atoms with Crippen LogP contribution < -0.4 is 10.1 Å². The molecule has 142 valence electrons. The van der Waals surface area contributed by atoms with Crippen LogP contribution in [0.15, 0.2) is 53.9 Å². The first-order chi connectivity index (χ1) is 13.6. The summed E-state index contributed by atoms with van der Waals surface area (Å²) >= 11 is 7.36. The number of methoxy groups -OCH3 is 1. The molecule has 0 amide bonds. The Kier molecular flexibility index (Phi) is 5.11. The number of benzene rings is 1. The minimum absolute atomic E-state index is 0.542. The van der Waals surface area contributed by atoms with Gasteiger partial charge in [0.05, 0.1) is 13.7 Å². The second-order valence-corrected chi connectivity index (χ2v) is 8.13. The molecule has 1 aromatic carbocycles. The predicted molar refractivity (Wildman–Crippen MR) is 118 cm³/mol. The normalized spacial score (nSPS) is 13.5. The van der Waals surface area contributed by atoms with Crippen molar-refractivity contribution in [3.63, 3.8) is 0 Å². The molecule has 7 heteroatoms. The zero-order valence-corrected chi connectivity index (χ0v) is 17.5. The number of nitrogens with zero attached hydrogens (tertiary/aromatic N) is 3. The lowest BCUT2D eigenvalue weighted by Crippen LogP contribution is -2.29. The number of hydrazone groups is 1. The van der Waals surface area contributed by atoms with E-state index in [1.165, 1.54) is 10.4 Å². The Morgan fingerprint density at radius 3 is 2.82 bits per heavy atom. The highest BCUT2D eigenvalue weighted by Gasteiger charge is 2.26.